The summed E-state index contributed by atoms with van der Waals surface area (Å²) in [7, 11) is -3.93. The molecule has 136 valence electrons. The van der Waals surface area contributed by atoms with Crippen LogP contribution in [0.4, 0.5) is 0 Å². The zero-order valence-electron chi connectivity index (χ0n) is 17.9. The zero-order chi connectivity index (χ0) is 17.8. The molecule has 0 N–H and O–H groups in total. The quantitative estimate of drug-likeness (QED) is 0.277. The topological polar surface area (TPSA) is 44.8 Å². The number of carbonyl (C=O) groups is 1. The maximum atomic E-state index is 11.5. The Kier molecular flexibility index (Phi) is 13.0. The molecule has 0 rings (SSSR count). The van der Waals surface area contributed by atoms with Gasteiger partial charge in [-0.05, 0) is 43.1 Å². The van der Waals surface area contributed by atoms with Crippen molar-refractivity contribution >= 4 is 33.3 Å². The summed E-state index contributed by atoms with van der Waals surface area (Å²) in [6.07, 6.45) is 0.818. The second-order valence-corrected chi connectivity index (χ2v) is 16.0. The second kappa shape index (κ2) is 13.1. The third kappa shape index (κ3) is 9.61. The predicted octanol–water partition coefficient (Wildman–Crippen LogP) is 3.89. The number of ether oxygens (including phenoxy) is 1. The Labute approximate surface area is 150 Å². The van der Waals surface area contributed by atoms with E-state index in [-0.39, 0.29) is 8.82 Å². The minimum Gasteiger partial charge on any atom is -0.462 e. The van der Waals surface area contributed by atoms with Gasteiger partial charge >= 0.3 is 18.1 Å². The zero-order valence-corrected chi connectivity index (χ0v) is 19.4. The predicted molar refractivity (Wildman–Crippen MR) is 108 cm³/mol. The standard InChI is InChI=1S/C16H36O4Si3/c1-8-21(9-2)19-23(20-22(10-3)11-4)15(7)12-13-18-16(17)14(5)6/h15,21-23H,5,8-13H2,1-4,6-7H3/p+2. The normalized spacial score (nSPS) is 12.9. The molecule has 0 saturated carbocycles. The molecule has 0 aromatic heterocycles. The van der Waals surface area contributed by atoms with E-state index in [0.29, 0.717) is 17.7 Å². The average Bonchev–Trinajstić information content (AvgIpc) is 2.54. The van der Waals surface area contributed by atoms with Crippen molar-refractivity contribution in [2.45, 2.75) is 77.7 Å². The molecule has 0 heterocycles. The van der Waals surface area contributed by atoms with Crippen molar-refractivity contribution in [3.63, 3.8) is 0 Å². The van der Waals surface area contributed by atoms with Crippen LogP contribution < -0.4 is 0 Å². The van der Waals surface area contributed by atoms with Gasteiger partial charge in [0.05, 0.1) is 6.61 Å². The highest BCUT2D eigenvalue weighted by atomic mass is 28.4. The molecule has 4 nitrogen and oxygen atoms in total. The Hall–Kier alpha value is -0.219. The molecule has 0 radical (unpaired) electrons. The number of esters is 1. The minimum absolute atomic E-state index is 0. The molecule has 0 aromatic carbocycles. The number of hydrogen-bond donors (Lipinski definition) is 0. The summed E-state index contributed by atoms with van der Waals surface area (Å²) in [4.78, 5) is 11.5. The van der Waals surface area contributed by atoms with Crippen molar-refractivity contribution in [3.05, 3.63) is 12.2 Å². The van der Waals surface area contributed by atoms with Crippen LogP contribution in [0.2, 0.25) is 29.7 Å². The van der Waals surface area contributed by atoms with Gasteiger partial charge in [0.1, 0.15) is 0 Å². The van der Waals surface area contributed by atoms with E-state index in [1.807, 2.05) is 0 Å². The number of carbonyl (C=O) groups excluding carboxylic acids is 1. The molecule has 0 saturated heterocycles. The third-order valence-electron chi connectivity index (χ3n) is 4.09. The van der Waals surface area contributed by atoms with Crippen LogP contribution in [-0.2, 0) is 17.8 Å². The van der Waals surface area contributed by atoms with E-state index >= 15 is 0 Å². The summed E-state index contributed by atoms with van der Waals surface area (Å²) < 4.78 is 18.2. The second-order valence-electron chi connectivity index (χ2n) is 6.20. The van der Waals surface area contributed by atoms with Crippen molar-refractivity contribution in [2.75, 3.05) is 6.61 Å². The van der Waals surface area contributed by atoms with Crippen molar-refractivity contribution in [3.8, 4) is 0 Å². The fourth-order valence-corrected chi connectivity index (χ4v) is 12.9. The molecule has 23 heavy (non-hydrogen) atoms. The van der Waals surface area contributed by atoms with Gasteiger partial charge in [0, 0.05) is 5.57 Å². The molecular formula is C16H38O4Si3+2. The van der Waals surface area contributed by atoms with Crippen LogP contribution in [0.1, 0.15) is 50.8 Å². The largest absolute Gasteiger partial charge is 1.00 e. The first kappa shape index (κ1) is 22.8. The average molecular weight is 379 g/mol. The molecule has 1 atom stereocenters. The monoisotopic (exact) mass is 378 g/mol. The number of rotatable bonds is 13. The summed E-state index contributed by atoms with van der Waals surface area (Å²) in [6, 6.07) is 4.63. The molecular weight excluding hydrogens is 340 g/mol. The lowest BCUT2D eigenvalue weighted by Crippen LogP contribution is -2.39. The van der Waals surface area contributed by atoms with E-state index < -0.39 is 27.4 Å². The van der Waals surface area contributed by atoms with E-state index in [1.165, 1.54) is 0 Å². The molecule has 0 fully saturated rings. The molecule has 0 aliphatic rings. The summed E-state index contributed by atoms with van der Waals surface area (Å²) in [5.74, 6) is -0.305. The van der Waals surface area contributed by atoms with E-state index in [9.17, 15) is 4.79 Å². The van der Waals surface area contributed by atoms with Gasteiger partial charge in [-0.1, -0.05) is 41.2 Å². The van der Waals surface area contributed by atoms with E-state index in [4.69, 9.17) is 13.0 Å². The number of hydrogen-bond acceptors (Lipinski definition) is 4. The SMILES string of the molecule is C=C(C)C(=O)OCCC(C)[SiH](O[SiH](CC)CC)O[SiH](CC)CC.[H+].[H+]. The molecule has 0 bridgehead atoms. The molecule has 0 aliphatic carbocycles. The summed E-state index contributed by atoms with van der Waals surface area (Å²) in [5.41, 5.74) is 0.821. The first-order chi connectivity index (χ1) is 10.9. The van der Waals surface area contributed by atoms with Gasteiger partial charge in [0.25, 0.3) is 0 Å². The van der Waals surface area contributed by atoms with Gasteiger partial charge in [-0.25, -0.2) is 4.79 Å². The molecule has 1 unspecified atom stereocenters. The summed E-state index contributed by atoms with van der Waals surface area (Å²) in [5, 5.41) is 0. The Balaban J connectivity index is -0.00000242. The maximum Gasteiger partial charge on any atom is 1.00 e. The minimum atomic E-state index is -1.69. The summed E-state index contributed by atoms with van der Waals surface area (Å²) in [6.45, 7) is 16.8. The summed E-state index contributed by atoms with van der Waals surface area (Å²) >= 11 is 0. The first-order valence-corrected chi connectivity index (χ1v) is 14.8. The highest BCUT2D eigenvalue weighted by Gasteiger charge is 2.28. The van der Waals surface area contributed by atoms with E-state index in [2.05, 4.69) is 41.2 Å². The van der Waals surface area contributed by atoms with Crippen molar-refractivity contribution in [1.29, 1.82) is 0 Å². The van der Waals surface area contributed by atoms with Gasteiger partial charge in [-0.3, -0.25) is 0 Å². The van der Waals surface area contributed by atoms with Gasteiger partial charge < -0.3 is 13.0 Å². The van der Waals surface area contributed by atoms with Gasteiger partial charge in [-0.2, -0.15) is 0 Å². The van der Waals surface area contributed by atoms with Crippen LogP contribution in [0.5, 0.6) is 0 Å². The Morgan fingerprint density at radius 1 is 1.04 bits per heavy atom. The smallest absolute Gasteiger partial charge is 0.462 e. The lowest BCUT2D eigenvalue weighted by Gasteiger charge is -2.29. The highest BCUT2D eigenvalue weighted by molar-refractivity contribution is 6.69. The van der Waals surface area contributed by atoms with Crippen LogP contribution in [0.15, 0.2) is 12.2 Å². The Morgan fingerprint density at radius 3 is 1.83 bits per heavy atom. The lowest BCUT2D eigenvalue weighted by molar-refractivity contribution is -0.139. The van der Waals surface area contributed by atoms with Crippen molar-refractivity contribution in [2.24, 2.45) is 0 Å². The van der Waals surface area contributed by atoms with Crippen molar-refractivity contribution in [1.82, 2.24) is 0 Å². The van der Waals surface area contributed by atoms with Gasteiger partial charge in [-0.15, -0.1) is 0 Å². The first-order valence-electron chi connectivity index (χ1n) is 9.02. The third-order valence-corrected chi connectivity index (χ3v) is 14.2. The Morgan fingerprint density at radius 2 is 1.48 bits per heavy atom. The Bertz CT molecular complexity index is 340. The maximum absolute atomic E-state index is 11.5. The lowest BCUT2D eigenvalue weighted by atomic mass is 10.3. The van der Waals surface area contributed by atoms with Crippen LogP contribution in [-0.4, -0.2) is 39.9 Å². The highest BCUT2D eigenvalue weighted by Crippen LogP contribution is 2.21. The van der Waals surface area contributed by atoms with E-state index in [0.717, 1.165) is 30.6 Å². The fraction of sp³-hybridized carbons (Fsp3) is 0.812. The molecule has 0 aliphatic heterocycles. The van der Waals surface area contributed by atoms with Crippen molar-refractivity contribution < 1.29 is 20.6 Å². The van der Waals surface area contributed by atoms with Gasteiger partial charge in [0.2, 0.25) is 0 Å². The molecule has 0 spiro atoms. The molecule has 0 aromatic rings. The van der Waals surface area contributed by atoms with Gasteiger partial charge in [0.15, 0.2) is 18.1 Å². The molecule has 7 heteroatoms. The molecule has 0 amide bonds. The van der Waals surface area contributed by atoms with Crippen LogP contribution in [0.25, 0.3) is 0 Å². The van der Waals surface area contributed by atoms with Crippen LogP contribution in [0.3, 0.4) is 0 Å². The van der Waals surface area contributed by atoms with Crippen LogP contribution >= 0.6 is 0 Å². The fourth-order valence-electron chi connectivity index (χ4n) is 2.24. The van der Waals surface area contributed by atoms with Crippen LogP contribution in [0, 0.1) is 0 Å². The van der Waals surface area contributed by atoms with E-state index in [1.54, 1.807) is 6.92 Å².